The topological polar surface area (TPSA) is 58.9 Å². The Morgan fingerprint density at radius 3 is 2.75 bits per heavy atom. The number of ether oxygens (including phenoxy) is 2. The van der Waals surface area contributed by atoms with Crippen molar-refractivity contribution in [2.24, 2.45) is 23.7 Å². The van der Waals surface area contributed by atoms with Crippen molar-refractivity contribution in [3.63, 3.8) is 0 Å². The molecule has 16 heavy (non-hydrogen) atoms. The van der Waals surface area contributed by atoms with Crippen LogP contribution in [0, 0.1) is 23.7 Å². The van der Waals surface area contributed by atoms with Crippen molar-refractivity contribution in [3.05, 3.63) is 0 Å². The van der Waals surface area contributed by atoms with Crippen molar-refractivity contribution in [3.8, 4) is 0 Å². The smallest absolute Gasteiger partial charge is 0.224 e. The summed E-state index contributed by atoms with van der Waals surface area (Å²) >= 11 is 1.52. The Hall–Kier alpha value is 0.190. The molecule has 7 unspecified atom stereocenters. The summed E-state index contributed by atoms with van der Waals surface area (Å²) < 4.78 is 11.7. The fourth-order valence-electron chi connectivity index (χ4n) is 4.64. The van der Waals surface area contributed by atoms with Crippen molar-refractivity contribution in [1.82, 2.24) is 0 Å². The lowest BCUT2D eigenvalue weighted by Gasteiger charge is -2.35. The summed E-state index contributed by atoms with van der Waals surface area (Å²) in [5.41, 5.74) is 0. The second-order valence-corrected chi connectivity index (χ2v) is 6.63. The van der Waals surface area contributed by atoms with Crippen LogP contribution in [-0.4, -0.2) is 39.6 Å². The number of hydrogen-bond acceptors (Lipinski definition) is 5. The molecular formula is C11H16O4S. The van der Waals surface area contributed by atoms with Gasteiger partial charge in [0.1, 0.15) is 0 Å². The van der Waals surface area contributed by atoms with E-state index in [9.17, 15) is 10.2 Å². The van der Waals surface area contributed by atoms with Gasteiger partial charge in [0.15, 0.2) is 5.79 Å². The number of aliphatic hydroxyl groups excluding tert-OH is 1. The Labute approximate surface area is 98.3 Å². The van der Waals surface area contributed by atoms with Gasteiger partial charge in [0, 0.05) is 11.8 Å². The number of fused-ring (bicyclic) bond motifs is 2. The third kappa shape index (κ3) is 0.841. The van der Waals surface area contributed by atoms with Crippen molar-refractivity contribution >= 4 is 11.8 Å². The van der Waals surface area contributed by atoms with Crippen molar-refractivity contribution in [2.45, 2.75) is 36.5 Å². The highest BCUT2D eigenvalue weighted by Gasteiger charge is 2.79. The molecule has 0 aromatic heterocycles. The van der Waals surface area contributed by atoms with Crippen molar-refractivity contribution in [1.29, 1.82) is 0 Å². The van der Waals surface area contributed by atoms with Crippen molar-refractivity contribution in [2.75, 3.05) is 6.26 Å². The first kappa shape index (κ1) is 10.1. The van der Waals surface area contributed by atoms with Gasteiger partial charge in [-0.3, -0.25) is 0 Å². The molecule has 90 valence electrons. The van der Waals surface area contributed by atoms with E-state index in [0.717, 1.165) is 6.42 Å². The van der Waals surface area contributed by atoms with Crippen LogP contribution in [0.25, 0.3) is 0 Å². The van der Waals surface area contributed by atoms with E-state index in [1.54, 1.807) is 6.92 Å². The molecule has 0 spiro atoms. The van der Waals surface area contributed by atoms with E-state index in [-0.39, 0.29) is 23.9 Å². The summed E-state index contributed by atoms with van der Waals surface area (Å²) in [6.45, 7) is 1.71. The molecular weight excluding hydrogens is 228 g/mol. The molecule has 0 amide bonds. The van der Waals surface area contributed by atoms with Gasteiger partial charge >= 0.3 is 0 Å². The Morgan fingerprint density at radius 1 is 1.31 bits per heavy atom. The van der Waals surface area contributed by atoms with Crippen molar-refractivity contribution < 1.29 is 19.7 Å². The zero-order valence-electron chi connectivity index (χ0n) is 9.29. The molecule has 2 N–H and O–H groups in total. The lowest BCUT2D eigenvalue weighted by Crippen LogP contribution is -2.46. The van der Waals surface area contributed by atoms with E-state index in [4.69, 9.17) is 9.47 Å². The Kier molecular flexibility index (Phi) is 1.66. The summed E-state index contributed by atoms with van der Waals surface area (Å²) in [4.78, 5) is 0. The van der Waals surface area contributed by atoms with Gasteiger partial charge in [0.25, 0.3) is 0 Å². The predicted octanol–water partition coefficient (Wildman–Crippen LogP) is 0.384. The van der Waals surface area contributed by atoms with Gasteiger partial charge < -0.3 is 19.7 Å². The van der Waals surface area contributed by atoms with E-state index in [2.05, 4.69) is 0 Å². The minimum absolute atomic E-state index is 0.0266. The molecule has 0 radical (unpaired) electrons. The van der Waals surface area contributed by atoms with Gasteiger partial charge in [0.2, 0.25) is 5.12 Å². The molecule has 2 saturated carbocycles. The summed E-state index contributed by atoms with van der Waals surface area (Å²) in [6, 6.07) is 0. The highest BCUT2D eigenvalue weighted by molar-refractivity contribution is 7.99. The fraction of sp³-hybridized carbons (Fsp3) is 1.00. The van der Waals surface area contributed by atoms with Crippen LogP contribution in [0.15, 0.2) is 0 Å². The van der Waals surface area contributed by atoms with Crippen LogP contribution in [-0.2, 0) is 9.47 Å². The van der Waals surface area contributed by atoms with Gasteiger partial charge in [-0.05, 0) is 31.4 Å². The number of thioether (sulfide) groups is 1. The molecule has 5 heteroatoms. The standard InChI is InChI=1S/C11H16O4S/c1-10(13)6-4-3-5-7(6)11(15-10,16-2)14-9(5)8(4)12/h4-9,12-13H,3H2,1-2H3/t4?,5?,6?,7?,8-,9?,10?,11?/m0/s1. The van der Waals surface area contributed by atoms with Crippen LogP contribution in [0.3, 0.4) is 0 Å². The normalized spacial score (nSPS) is 70.5. The van der Waals surface area contributed by atoms with Crippen LogP contribution >= 0.6 is 11.8 Å². The van der Waals surface area contributed by atoms with Crippen LogP contribution in [0.2, 0.25) is 0 Å². The summed E-state index contributed by atoms with van der Waals surface area (Å²) in [5.74, 6) is -0.369. The molecule has 4 fully saturated rings. The van der Waals surface area contributed by atoms with Gasteiger partial charge in [-0.1, -0.05) is 0 Å². The van der Waals surface area contributed by atoms with E-state index < -0.39 is 17.0 Å². The molecule has 2 saturated heterocycles. The van der Waals surface area contributed by atoms with E-state index in [1.807, 2.05) is 6.26 Å². The average molecular weight is 244 g/mol. The van der Waals surface area contributed by atoms with Gasteiger partial charge in [0.05, 0.1) is 12.2 Å². The predicted molar refractivity (Wildman–Crippen MR) is 57.4 cm³/mol. The molecule has 4 aliphatic rings. The van der Waals surface area contributed by atoms with Crippen LogP contribution in [0.1, 0.15) is 13.3 Å². The van der Waals surface area contributed by atoms with Crippen LogP contribution < -0.4 is 0 Å². The molecule has 2 aliphatic heterocycles. The summed E-state index contributed by atoms with van der Waals surface area (Å²) in [6.07, 6.45) is 2.43. The summed E-state index contributed by atoms with van der Waals surface area (Å²) in [5, 5.41) is 19.8. The Morgan fingerprint density at radius 2 is 2.06 bits per heavy atom. The fourth-order valence-corrected chi connectivity index (χ4v) is 5.69. The first-order chi connectivity index (χ1) is 7.50. The number of hydrogen-bond donors (Lipinski definition) is 2. The first-order valence-electron chi connectivity index (χ1n) is 5.84. The highest BCUT2D eigenvalue weighted by atomic mass is 32.2. The molecule has 4 nitrogen and oxygen atoms in total. The largest absolute Gasteiger partial charge is 0.390 e. The molecule has 2 bridgehead atoms. The maximum absolute atomic E-state index is 10.4. The van der Waals surface area contributed by atoms with E-state index in [0.29, 0.717) is 5.92 Å². The number of rotatable bonds is 1. The maximum Gasteiger partial charge on any atom is 0.224 e. The second kappa shape index (κ2) is 2.62. The third-order valence-corrected chi connectivity index (χ3v) is 6.03. The Bertz CT molecular complexity index is 360. The highest BCUT2D eigenvalue weighted by Crippen LogP contribution is 2.72. The average Bonchev–Trinajstić information content (AvgIpc) is 2.83. The van der Waals surface area contributed by atoms with Gasteiger partial charge in [-0.15, -0.1) is 11.8 Å². The minimum atomic E-state index is -1.15. The maximum atomic E-state index is 10.4. The minimum Gasteiger partial charge on any atom is -0.390 e. The molecule has 8 atom stereocenters. The zero-order chi connectivity index (χ0) is 11.3. The van der Waals surface area contributed by atoms with E-state index in [1.165, 1.54) is 11.8 Å². The quantitative estimate of drug-likeness (QED) is 0.698. The monoisotopic (exact) mass is 244 g/mol. The first-order valence-corrected chi connectivity index (χ1v) is 7.06. The third-order valence-electron chi connectivity index (χ3n) is 5.01. The SMILES string of the molecule is CSC12OC3C4CC(C(C41)C(C)(O)O2)[C@@H]3O. The van der Waals surface area contributed by atoms with Gasteiger partial charge in [-0.2, -0.15) is 0 Å². The molecule has 0 aromatic carbocycles. The number of aliphatic hydroxyl groups is 2. The van der Waals surface area contributed by atoms with Gasteiger partial charge in [-0.25, -0.2) is 0 Å². The van der Waals surface area contributed by atoms with Crippen LogP contribution in [0.4, 0.5) is 0 Å². The zero-order valence-corrected chi connectivity index (χ0v) is 10.1. The van der Waals surface area contributed by atoms with E-state index >= 15 is 0 Å². The van der Waals surface area contributed by atoms with Crippen LogP contribution in [0.5, 0.6) is 0 Å². The molecule has 4 rings (SSSR count). The Balaban J connectivity index is 1.88. The molecule has 2 aliphatic carbocycles. The summed E-state index contributed by atoms with van der Waals surface area (Å²) in [7, 11) is 0. The molecule has 0 aromatic rings. The molecule has 2 heterocycles. The lowest BCUT2D eigenvalue weighted by atomic mass is 9.76. The second-order valence-electron chi connectivity index (χ2n) is 5.65. The lowest BCUT2D eigenvalue weighted by molar-refractivity contribution is -0.290.